The summed E-state index contributed by atoms with van der Waals surface area (Å²) in [6, 6.07) is 11.8. The smallest absolute Gasteiger partial charge is 0.488 e. The third kappa shape index (κ3) is 3.76. The maximum Gasteiger partial charge on any atom is 0.488 e. The predicted octanol–water partition coefficient (Wildman–Crippen LogP) is 1.81. The summed E-state index contributed by atoms with van der Waals surface area (Å²) < 4.78 is 18.8. The van der Waals surface area contributed by atoms with Crippen molar-refractivity contribution in [2.75, 3.05) is 7.11 Å². The highest BCUT2D eigenvalue weighted by atomic mass is 32.2. The summed E-state index contributed by atoms with van der Waals surface area (Å²) in [5.74, 6) is 0.961. The van der Waals surface area contributed by atoms with E-state index in [0.29, 0.717) is 10.6 Å². The average molecular weight is 292 g/mol. The van der Waals surface area contributed by atoms with Crippen LogP contribution in [0, 0.1) is 5.82 Å². The number of halogens is 1. The van der Waals surface area contributed by atoms with Crippen LogP contribution in [0.25, 0.3) is 0 Å². The summed E-state index contributed by atoms with van der Waals surface area (Å²) in [5, 5.41) is 17.9. The third-order valence-electron chi connectivity index (χ3n) is 2.81. The molecule has 0 amide bonds. The van der Waals surface area contributed by atoms with Gasteiger partial charge in [0.2, 0.25) is 0 Å². The molecule has 0 fully saturated rings. The molecule has 6 heteroatoms. The lowest BCUT2D eigenvalue weighted by Gasteiger charge is -2.06. The number of ether oxygens (including phenoxy) is 1. The Balaban J connectivity index is 2.03. The fourth-order valence-corrected chi connectivity index (χ4v) is 2.55. The molecule has 20 heavy (non-hydrogen) atoms. The van der Waals surface area contributed by atoms with Gasteiger partial charge in [0.1, 0.15) is 11.6 Å². The van der Waals surface area contributed by atoms with Crippen LogP contribution in [0.3, 0.4) is 0 Å². The molecule has 0 bridgehead atoms. The second kappa shape index (κ2) is 6.79. The lowest BCUT2D eigenvalue weighted by atomic mass is 9.80. The minimum absolute atomic E-state index is 0.149. The first kappa shape index (κ1) is 14.9. The highest BCUT2D eigenvalue weighted by molar-refractivity contribution is 7.98. The molecule has 3 nitrogen and oxygen atoms in total. The monoisotopic (exact) mass is 292 g/mol. The Bertz CT molecular complexity index is 575. The Morgan fingerprint density at radius 2 is 1.85 bits per heavy atom. The van der Waals surface area contributed by atoms with Crippen LogP contribution in [0.1, 0.15) is 5.56 Å². The minimum atomic E-state index is -1.65. The van der Waals surface area contributed by atoms with E-state index in [9.17, 15) is 4.39 Å². The third-order valence-corrected chi connectivity index (χ3v) is 3.93. The summed E-state index contributed by atoms with van der Waals surface area (Å²) in [4.78, 5) is 0.477. The van der Waals surface area contributed by atoms with E-state index >= 15 is 0 Å². The second-order valence-electron chi connectivity index (χ2n) is 4.20. The van der Waals surface area contributed by atoms with Crippen LogP contribution in [-0.2, 0) is 5.75 Å². The molecule has 0 saturated carbocycles. The zero-order chi connectivity index (χ0) is 14.5. The molecule has 0 radical (unpaired) electrons. The molecule has 2 rings (SSSR count). The number of rotatable bonds is 5. The van der Waals surface area contributed by atoms with Gasteiger partial charge >= 0.3 is 7.12 Å². The fraction of sp³-hybridized carbons (Fsp3) is 0.143. The van der Waals surface area contributed by atoms with Crippen LogP contribution in [0.2, 0.25) is 0 Å². The summed E-state index contributed by atoms with van der Waals surface area (Å²) >= 11 is 1.35. The molecular formula is C14H14BFO3S. The van der Waals surface area contributed by atoms with Gasteiger partial charge in [0, 0.05) is 10.6 Å². The van der Waals surface area contributed by atoms with Crippen LogP contribution in [0.5, 0.6) is 5.75 Å². The molecule has 0 aromatic heterocycles. The fourth-order valence-electron chi connectivity index (χ4n) is 1.68. The molecule has 0 atom stereocenters. The minimum Gasteiger partial charge on any atom is -0.497 e. The van der Waals surface area contributed by atoms with E-state index in [0.717, 1.165) is 17.4 Å². The van der Waals surface area contributed by atoms with Crippen molar-refractivity contribution >= 4 is 24.3 Å². The standard InChI is InChI=1S/C14H14BFO3S/c1-19-12-5-2-10(3-6-12)9-20-14-7-4-11(15(17)18)8-13(14)16/h2-8,17-18H,9H2,1H3. The van der Waals surface area contributed by atoms with Crippen LogP contribution >= 0.6 is 11.8 Å². The van der Waals surface area contributed by atoms with Crippen LogP contribution in [0.4, 0.5) is 4.39 Å². The van der Waals surface area contributed by atoms with E-state index in [2.05, 4.69) is 0 Å². The van der Waals surface area contributed by atoms with E-state index in [1.165, 1.54) is 17.8 Å². The Morgan fingerprint density at radius 3 is 2.40 bits per heavy atom. The van der Waals surface area contributed by atoms with Crippen molar-refractivity contribution in [3.05, 3.63) is 53.8 Å². The van der Waals surface area contributed by atoms with Crippen molar-refractivity contribution in [1.29, 1.82) is 0 Å². The number of thioether (sulfide) groups is 1. The van der Waals surface area contributed by atoms with Crippen LogP contribution < -0.4 is 10.2 Å². The molecule has 0 heterocycles. The van der Waals surface area contributed by atoms with Gasteiger partial charge in [-0.25, -0.2) is 4.39 Å². The van der Waals surface area contributed by atoms with Gasteiger partial charge in [-0.05, 0) is 35.3 Å². The number of methoxy groups -OCH3 is 1. The number of benzene rings is 2. The maximum atomic E-state index is 13.8. The molecular weight excluding hydrogens is 278 g/mol. The van der Waals surface area contributed by atoms with E-state index in [1.807, 2.05) is 24.3 Å². The quantitative estimate of drug-likeness (QED) is 0.652. The van der Waals surface area contributed by atoms with Gasteiger partial charge in [-0.3, -0.25) is 0 Å². The summed E-state index contributed by atoms with van der Waals surface area (Å²) in [7, 11) is -0.0406. The molecule has 0 aliphatic carbocycles. The second-order valence-corrected chi connectivity index (χ2v) is 5.22. The number of hydrogen-bond acceptors (Lipinski definition) is 4. The SMILES string of the molecule is COc1ccc(CSc2ccc(B(O)O)cc2F)cc1. The molecule has 0 aliphatic heterocycles. The summed E-state index contributed by atoms with van der Waals surface area (Å²) in [6.45, 7) is 0. The molecule has 2 aromatic carbocycles. The van der Waals surface area contributed by atoms with E-state index in [4.69, 9.17) is 14.8 Å². The molecule has 0 aliphatic rings. The first-order valence-electron chi connectivity index (χ1n) is 6.01. The van der Waals surface area contributed by atoms with E-state index in [1.54, 1.807) is 13.2 Å². The summed E-state index contributed by atoms with van der Waals surface area (Å²) in [5.41, 5.74) is 1.21. The molecule has 0 spiro atoms. The van der Waals surface area contributed by atoms with Crippen molar-refractivity contribution in [1.82, 2.24) is 0 Å². The normalized spacial score (nSPS) is 10.4. The van der Waals surface area contributed by atoms with Crippen molar-refractivity contribution in [2.45, 2.75) is 10.6 Å². The van der Waals surface area contributed by atoms with Gasteiger partial charge in [-0.2, -0.15) is 0 Å². The van der Waals surface area contributed by atoms with E-state index in [-0.39, 0.29) is 5.46 Å². The summed E-state index contributed by atoms with van der Waals surface area (Å²) in [6.07, 6.45) is 0. The van der Waals surface area contributed by atoms with Crippen LogP contribution in [-0.4, -0.2) is 24.3 Å². The van der Waals surface area contributed by atoms with Gasteiger partial charge in [0.05, 0.1) is 7.11 Å². The average Bonchev–Trinajstić information content (AvgIpc) is 2.46. The highest BCUT2D eigenvalue weighted by Crippen LogP contribution is 2.25. The lowest BCUT2D eigenvalue weighted by molar-refractivity contribution is 0.414. The molecule has 0 saturated heterocycles. The zero-order valence-electron chi connectivity index (χ0n) is 10.9. The maximum absolute atomic E-state index is 13.8. The number of hydrogen-bond donors (Lipinski definition) is 2. The van der Waals surface area contributed by atoms with Gasteiger partial charge in [0.25, 0.3) is 0 Å². The Labute approximate surface area is 121 Å². The van der Waals surface area contributed by atoms with Crippen molar-refractivity contribution in [3.8, 4) is 5.75 Å². The molecule has 104 valence electrons. The first-order chi connectivity index (χ1) is 9.60. The topological polar surface area (TPSA) is 49.7 Å². The molecule has 2 aromatic rings. The van der Waals surface area contributed by atoms with Gasteiger partial charge in [-0.15, -0.1) is 11.8 Å². The van der Waals surface area contributed by atoms with Crippen molar-refractivity contribution in [3.63, 3.8) is 0 Å². The van der Waals surface area contributed by atoms with Gasteiger partial charge < -0.3 is 14.8 Å². The van der Waals surface area contributed by atoms with Crippen molar-refractivity contribution in [2.24, 2.45) is 0 Å². The Morgan fingerprint density at radius 1 is 1.15 bits per heavy atom. The van der Waals surface area contributed by atoms with Gasteiger partial charge in [-0.1, -0.05) is 18.2 Å². The Hall–Kier alpha value is -1.50. The Kier molecular flexibility index (Phi) is 5.06. The van der Waals surface area contributed by atoms with E-state index < -0.39 is 12.9 Å². The predicted molar refractivity (Wildman–Crippen MR) is 78.8 cm³/mol. The van der Waals surface area contributed by atoms with Crippen LogP contribution in [0.15, 0.2) is 47.4 Å². The highest BCUT2D eigenvalue weighted by Gasteiger charge is 2.13. The largest absolute Gasteiger partial charge is 0.497 e. The van der Waals surface area contributed by atoms with Gasteiger partial charge in [0.15, 0.2) is 0 Å². The van der Waals surface area contributed by atoms with Crippen molar-refractivity contribution < 1.29 is 19.2 Å². The first-order valence-corrected chi connectivity index (χ1v) is 7.00. The molecule has 0 unspecified atom stereocenters. The molecule has 2 N–H and O–H groups in total. The zero-order valence-corrected chi connectivity index (χ0v) is 11.7. The lowest BCUT2D eigenvalue weighted by Crippen LogP contribution is -2.29.